The quantitative estimate of drug-likeness (QED) is 0.384. The maximum Gasteiger partial charge on any atom is 0.387 e. The molecule has 13 heteroatoms. The van der Waals surface area contributed by atoms with Crippen LogP contribution in [0.4, 0.5) is 26.1 Å². The minimum absolute atomic E-state index is 0.00584. The van der Waals surface area contributed by atoms with Gasteiger partial charge >= 0.3 is 6.61 Å². The average molecular weight is 596 g/mol. The zero-order chi connectivity index (χ0) is 29.8. The van der Waals surface area contributed by atoms with Gasteiger partial charge in [-0.25, -0.2) is 9.97 Å². The maximum absolute atomic E-state index is 13.5. The molecule has 5 heterocycles. The number of piperazine rings is 2. The topological polar surface area (TPSA) is 107 Å². The lowest BCUT2D eigenvalue weighted by atomic mass is 10.1. The van der Waals surface area contributed by atoms with E-state index in [0.717, 1.165) is 37.8 Å². The van der Waals surface area contributed by atoms with Gasteiger partial charge in [0.25, 0.3) is 0 Å². The second kappa shape index (κ2) is 13.0. The van der Waals surface area contributed by atoms with Crippen LogP contribution in [0.5, 0.6) is 17.2 Å². The number of halogens is 2. The highest BCUT2D eigenvalue weighted by molar-refractivity contribution is 5.99. The predicted molar refractivity (Wildman–Crippen MR) is 157 cm³/mol. The third-order valence-corrected chi connectivity index (χ3v) is 8.12. The number of carbonyl (C=O) groups excluding carboxylic acids is 1. The van der Waals surface area contributed by atoms with Gasteiger partial charge in [0, 0.05) is 70.2 Å². The van der Waals surface area contributed by atoms with Gasteiger partial charge in [0.05, 0.1) is 18.4 Å². The van der Waals surface area contributed by atoms with E-state index in [4.69, 9.17) is 9.47 Å². The van der Waals surface area contributed by atoms with E-state index in [1.165, 1.54) is 12.3 Å². The number of hydrogen-bond acceptors (Lipinski definition) is 10. The molecular weight excluding hydrogens is 560 g/mol. The van der Waals surface area contributed by atoms with Crippen LogP contribution in [0.2, 0.25) is 0 Å². The van der Waals surface area contributed by atoms with Gasteiger partial charge in [-0.15, -0.1) is 0 Å². The molecular formula is C30H35F2N7O4. The van der Waals surface area contributed by atoms with Gasteiger partial charge in [0.1, 0.15) is 35.5 Å². The average Bonchev–Trinajstić information content (AvgIpc) is 3.42. The smallest absolute Gasteiger partial charge is 0.387 e. The first kappa shape index (κ1) is 28.9. The molecule has 6 rings (SSSR count). The summed E-state index contributed by atoms with van der Waals surface area (Å²) in [5.41, 5.74) is 1.03. The number of anilines is 3. The third kappa shape index (κ3) is 6.73. The summed E-state index contributed by atoms with van der Waals surface area (Å²) < 4.78 is 37.1. The molecule has 228 valence electrons. The Balaban J connectivity index is 1.10. The van der Waals surface area contributed by atoms with Gasteiger partial charge in [-0.2, -0.15) is 8.78 Å². The number of aromatic nitrogens is 2. The molecule has 0 saturated carbocycles. The van der Waals surface area contributed by atoms with Gasteiger partial charge in [-0.3, -0.25) is 9.69 Å². The first-order chi connectivity index (χ1) is 20.9. The molecule has 2 aromatic heterocycles. The summed E-state index contributed by atoms with van der Waals surface area (Å²) in [5.74, 6) is 2.28. The van der Waals surface area contributed by atoms with E-state index in [1.807, 2.05) is 12.1 Å². The van der Waals surface area contributed by atoms with Crippen molar-refractivity contribution in [1.82, 2.24) is 20.2 Å². The molecule has 3 aliphatic heterocycles. The number of aromatic hydroxyl groups is 1. The van der Waals surface area contributed by atoms with Crippen LogP contribution in [0, 0.1) is 0 Å². The summed E-state index contributed by atoms with van der Waals surface area (Å²) >= 11 is 0. The summed E-state index contributed by atoms with van der Waals surface area (Å²) in [6, 6.07) is 11.6. The zero-order valence-electron chi connectivity index (χ0n) is 23.7. The third-order valence-electron chi connectivity index (χ3n) is 8.12. The fourth-order valence-electron chi connectivity index (χ4n) is 5.85. The van der Waals surface area contributed by atoms with Gasteiger partial charge < -0.3 is 34.6 Å². The lowest BCUT2D eigenvalue weighted by molar-refractivity contribution is -0.121. The fraction of sp³-hybridized carbons (Fsp3) is 0.433. The number of nitrogens with zero attached hydrogens (tertiary/aromatic N) is 6. The van der Waals surface area contributed by atoms with Crippen LogP contribution < -0.4 is 29.5 Å². The van der Waals surface area contributed by atoms with Gasteiger partial charge in [-0.05, 0) is 48.9 Å². The molecule has 3 aliphatic rings. The molecule has 1 unspecified atom stereocenters. The zero-order valence-corrected chi connectivity index (χ0v) is 23.7. The Morgan fingerprint density at radius 1 is 0.907 bits per heavy atom. The van der Waals surface area contributed by atoms with E-state index in [9.17, 15) is 18.7 Å². The van der Waals surface area contributed by atoms with Gasteiger partial charge in [0.2, 0.25) is 5.91 Å². The lowest BCUT2D eigenvalue weighted by Crippen LogP contribution is -2.52. The standard InChI is InChI=1S/C30H35F2N7O4/c31-30(32)43-26-4-1-22(17-21(26)20-42-24-3-6-28(35-19-24)37-11-8-33-9-12-37)39-10-7-25(29(39)41)36-13-15-38(16-14-36)27-5-2-23(40)18-34-27/h1-6,17-19,25,30,33,40H,7-16,20H2. The number of ether oxygens (including phenoxy) is 2. The second-order valence-electron chi connectivity index (χ2n) is 10.7. The summed E-state index contributed by atoms with van der Waals surface area (Å²) in [6.07, 6.45) is 3.72. The summed E-state index contributed by atoms with van der Waals surface area (Å²) in [6.45, 7) is 3.90. The molecule has 0 aliphatic carbocycles. The highest BCUT2D eigenvalue weighted by Crippen LogP contribution is 2.32. The number of hydrogen-bond donors (Lipinski definition) is 2. The largest absolute Gasteiger partial charge is 0.506 e. The van der Waals surface area contributed by atoms with E-state index in [1.54, 1.807) is 35.4 Å². The van der Waals surface area contributed by atoms with Gasteiger partial charge in [0.15, 0.2) is 0 Å². The number of amides is 1. The summed E-state index contributed by atoms with van der Waals surface area (Å²) in [7, 11) is 0. The van der Waals surface area contributed by atoms with Crippen LogP contribution >= 0.6 is 0 Å². The fourth-order valence-corrected chi connectivity index (χ4v) is 5.85. The van der Waals surface area contributed by atoms with Crippen molar-refractivity contribution in [3.05, 3.63) is 60.4 Å². The van der Waals surface area contributed by atoms with Crippen LogP contribution in [-0.4, -0.2) is 97.4 Å². The van der Waals surface area contributed by atoms with Crippen molar-refractivity contribution in [2.24, 2.45) is 0 Å². The first-order valence-corrected chi connectivity index (χ1v) is 14.5. The molecule has 1 amide bonds. The first-order valence-electron chi connectivity index (χ1n) is 14.5. The molecule has 43 heavy (non-hydrogen) atoms. The molecule has 2 N–H and O–H groups in total. The van der Waals surface area contributed by atoms with Crippen molar-refractivity contribution < 1.29 is 28.2 Å². The summed E-state index contributed by atoms with van der Waals surface area (Å²) in [4.78, 5) is 30.5. The number of nitrogens with one attached hydrogen (secondary N) is 1. The SMILES string of the molecule is O=C1C(N2CCN(c3ccc(O)cn3)CC2)CCN1c1ccc(OC(F)F)c(COc2ccc(N3CCNCC3)nc2)c1. The predicted octanol–water partition coefficient (Wildman–Crippen LogP) is 2.70. The van der Waals surface area contributed by atoms with E-state index in [0.29, 0.717) is 56.1 Å². The van der Waals surface area contributed by atoms with Crippen molar-refractivity contribution >= 4 is 23.2 Å². The minimum Gasteiger partial charge on any atom is -0.506 e. The Hall–Kier alpha value is -4.23. The number of rotatable bonds is 9. The van der Waals surface area contributed by atoms with E-state index in [2.05, 4.69) is 30.0 Å². The van der Waals surface area contributed by atoms with Crippen LogP contribution in [0.15, 0.2) is 54.9 Å². The van der Waals surface area contributed by atoms with Crippen molar-refractivity contribution in [2.75, 3.05) is 73.6 Å². The highest BCUT2D eigenvalue weighted by atomic mass is 19.3. The van der Waals surface area contributed by atoms with Crippen LogP contribution in [-0.2, 0) is 11.4 Å². The monoisotopic (exact) mass is 595 g/mol. The van der Waals surface area contributed by atoms with Gasteiger partial charge in [-0.1, -0.05) is 0 Å². The van der Waals surface area contributed by atoms with Crippen molar-refractivity contribution in [3.8, 4) is 17.2 Å². The molecule has 0 radical (unpaired) electrons. The van der Waals surface area contributed by atoms with Crippen molar-refractivity contribution in [3.63, 3.8) is 0 Å². The Kier molecular flexibility index (Phi) is 8.70. The minimum atomic E-state index is -2.99. The molecule has 3 saturated heterocycles. The lowest BCUT2D eigenvalue weighted by Gasteiger charge is -2.37. The number of pyridine rings is 2. The van der Waals surface area contributed by atoms with Crippen molar-refractivity contribution in [1.29, 1.82) is 0 Å². The highest BCUT2D eigenvalue weighted by Gasteiger charge is 2.38. The molecule has 1 atom stereocenters. The number of carbonyl (C=O) groups is 1. The Bertz CT molecular complexity index is 1380. The molecule has 3 aromatic rings. The number of alkyl halides is 2. The Morgan fingerprint density at radius 2 is 1.63 bits per heavy atom. The van der Waals surface area contributed by atoms with Crippen LogP contribution in [0.25, 0.3) is 0 Å². The van der Waals surface area contributed by atoms with E-state index >= 15 is 0 Å². The molecule has 1 aromatic carbocycles. The van der Waals surface area contributed by atoms with E-state index in [-0.39, 0.29) is 30.1 Å². The van der Waals surface area contributed by atoms with E-state index < -0.39 is 6.61 Å². The molecule has 3 fully saturated rings. The Morgan fingerprint density at radius 3 is 2.30 bits per heavy atom. The molecule has 0 bridgehead atoms. The van der Waals surface area contributed by atoms with Crippen LogP contribution in [0.3, 0.4) is 0 Å². The maximum atomic E-state index is 13.5. The molecule has 0 spiro atoms. The molecule has 11 nitrogen and oxygen atoms in total. The normalized spacial score (nSPS) is 19.7. The Labute approximate surface area is 248 Å². The van der Waals surface area contributed by atoms with Crippen molar-refractivity contribution in [2.45, 2.75) is 25.7 Å². The van der Waals surface area contributed by atoms with Crippen LogP contribution in [0.1, 0.15) is 12.0 Å². The second-order valence-corrected chi connectivity index (χ2v) is 10.7. The number of benzene rings is 1. The summed E-state index contributed by atoms with van der Waals surface area (Å²) in [5, 5.41) is 12.8.